The molecule has 2 heterocycles. The topological polar surface area (TPSA) is 47.3 Å². The third-order valence-electron chi connectivity index (χ3n) is 3.74. The maximum absolute atomic E-state index is 6.02. The van der Waals surface area contributed by atoms with Crippen LogP contribution in [0.1, 0.15) is 35.2 Å². The molecule has 0 fully saturated rings. The fourth-order valence-electron chi connectivity index (χ4n) is 2.73. The maximum atomic E-state index is 6.02. The summed E-state index contributed by atoms with van der Waals surface area (Å²) in [4.78, 5) is 1.18. The molecule has 3 nitrogen and oxygen atoms in total. The molecule has 2 atom stereocenters. The van der Waals surface area contributed by atoms with Crippen LogP contribution in [-0.4, -0.2) is 6.61 Å². The van der Waals surface area contributed by atoms with Crippen LogP contribution in [0.25, 0.3) is 0 Å². The molecule has 3 rings (SSSR count). The quantitative estimate of drug-likeness (QED) is 0.666. The van der Waals surface area contributed by atoms with Gasteiger partial charge in [-0.05, 0) is 42.5 Å². The molecule has 0 aliphatic carbocycles. The van der Waals surface area contributed by atoms with E-state index < -0.39 is 0 Å². The van der Waals surface area contributed by atoms with Crippen LogP contribution < -0.4 is 16.0 Å². The van der Waals surface area contributed by atoms with Gasteiger partial charge in [-0.15, -0.1) is 11.3 Å². The van der Waals surface area contributed by atoms with Crippen LogP contribution in [0.5, 0.6) is 5.75 Å². The van der Waals surface area contributed by atoms with Crippen molar-refractivity contribution in [1.82, 2.24) is 5.43 Å². The summed E-state index contributed by atoms with van der Waals surface area (Å²) in [5.41, 5.74) is 4.20. The molecule has 20 heavy (non-hydrogen) atoms. The zero-order valence-electron chi connectivity index (χ0n) is 11.0. The molecule has 0 saturated heterocycles. The molecule has 0 amide bonds. The molecule has 106 valence electrons. The monoisotopic (exact) mass is 308 g/mol. The van der Waals surface area contributed by atoms with Gasteiger partial charge in [0.1, 0.15) is 5.75 Å². The van der Waals surface area contributed by atoms with Gasteiger partial charge >= 0.3 is 0 Å². The van der Waals surface area contributed by atoms with Gasteiger partial charge < -0.3 is 4.74 Å². The minimum Gasteiger partial charge on any atom is -0.493 e. The van der Waals surface area contributed by atoms with Gasteiger partial charge in [0, 0.05) is 4.88 Å². The molecule has 3 N–H and O–H groups in total. The van der Waals surface area contributed by atoms with Crippen LogP contribution in [0.3, 0.4) is 0 Å². The van der Waals surface area contributed by atoms with Gasteiger partial charge in [-0.3, -0.25) is 11.3 Å². The molecule has 1 aromatic carbocycles. The normalized spacial score (nSPS) is 19.2. The Bertz CT molecular complexity index is 587. The van der Waals surface area contributed by atoms with Crippen LogP contribution in [0.15, 0.2) is 36.4 Å². The van der Waals surface area contributed by atoms with E-state index in [4.69, 9.17) is 22.2 Å². The maximum Gasteiger partial charge on any atom is 0.122 e. The Morgan fingerprint density at radius 2 is 2.20 bits per heavy atom. The number of nitrogens with two attached hydrogens (primary N) is 1. The van der Waals surface area contributed by atoms with Crippen LogP contribution in [0.2, 0.25) is 4.34 Å². The minimum atomic E-state index is 0.128. The molecule has 0 saturated carbocycles. The Balaban J connectivity index is 1.80. The van der Waals surface area contributed by atoms with Gasteiger partial charge in [0.2, 0.25) is 0 Å². The second-order valence-corrected chi connectivity index (χ2v) is 6.72. The molecular weight excluding hydrogens is 292 g/mol. The van der Waals surface area contributed by atoms with E-state index in [1.807, 2.05) is 24.3 Å². The predicted molar refractivity (Wildman–Crippen MR) is 83.3 cm³/mol. The zero-order valence-corrected chi connectivity index (χ0v) is 12.6. The number of benzene rings is 1. The third-order valence-corrected chi connectivity index (χ3v) is 5.09. The SMILES string of the molecule is NNC(CC1CCOc2ccccc21)c1ccc(Cl)s1. The molecule has 1 aliphatic heterocycles. The summed E-state index contributed by atoms with van der Waals surface area (Å²) in [7, 11) is 0. The highest BCUT2D eigenvalue weighted by molar-refractivity contribution is 7.16. The lowest BCUT2D eigenvalue weighted by Crippen LogP contribution is -2.29. The van der Waals surface area contributed by atoms with E-state index in [2.05, 4.69) is 17.6 Å². The average Bonchev–Trinajstić information content (AvgIpc) is 2.91. The Morgan fingerprint density at radius 3 is 2.95 bits per heavy atom. The summed E-state index contributed by atoms with van der Waals surface area (Å²) in [6, 6.07) is 12.4. The average molecular weight is 309 g/mol. The van der Waals surface area contributed by atoms with Crippen molar-refractivity contribution in [1.29, 1.82) is 0 Å². The first-order chi connectivity index (χ1) is 9.78. The Kier molecular flexibility index (Phi) is 4.27. The summed E-state index contributed by atoms with van der Waals surface area (Å²) in [6.45, 7) is 0.768. The third kappa shape index (κ3) is 2.83. The Morgan fingerprint density at radius 1 is 1.35 bits per heavy atom. The smallest absolute Gasteiger partial charge is 0.122 e. The number of para-hydroxylation sites is 1. The highest BCUT2D eigenvalue weighted by Gasteiger charge is 2.25. The lowest BCUT2D eigenvalue weighted by atomic mass is 9.87. The fraction of sp³-hybridized carbons (Fsp3) is 0.333. The number of thiophene rings is 1. The first kappa shape index (κ1) is 13.9. The van der Waals surface area contributed by atoms with Crippen LogP contribution in [0, 0.1) is 0 Å². The molecule has 1 aromatic heterocycles. The van der Waals surface area contributed by atoms with Crippen LogP contribution >= 0.6 is 22.9 Å². The van der Waals surface area contributed by atoms with E-state index in [0.717, 1.165) is 29.5 Å². The van der Waals surface area contributed by atoms with Crippen LogP contribution in [-0.2, 0) is 0 Å². The lowest BCUT2D eigenvalue weighted by molar-refractivity contribution is 0.255. The first-order valence-corrected chi connectivity index (χ1v) is 7.90. The van der Waals surface area contributed by atoms with E-state index >= 15 is 0 Å². The fourth-order valence-corrected chi connectivity index (χ4v) is 3.86. The molecule has 2 aromatic rings. The molecular formula is C15H17ClN2OS. The summed E-state index contributed by atoms with van der Waals surface area (Å²) >= 11 is 7.60. The summed E-state index contributed by atoms with van der Waals surface area (Å²) in [5.74, 6) is 7.20. The number of hydrazine groups is 1. The molecule has 5 heteroatoms. The van der Waals surface area contributed by atoms with Crippen molar-refractivity contribution in [2.75, 3.05) is 6.61 Å². The van der Waals surface area contributed by atoms with Gasteiger partial charge in [-0.2, -0.15) is 0 Å². The predicted octanol–water partition coefficient (Wildman–Crippen LogP) is 3.86. The van der Waals surface area contributed by atoms with E-state index in [0.29, 0.717) is 5.92 Å². The van der Waals surface area contributed by atoms with Gasteiger partial charge in [0.05, 0.1) is 17.0 Å². The van der Waals surface area contributed by atoms with Crippen molar-refractivity contribution in [3.63, 3.8) is 0 Å². The summed E-state index contributed by atoms with van der Waals surface area (Å²) in [6.07, 6.45) is 1.97. The Labute approximate surface area is 127 Å². The van der Waals surface area contributed by atoms with E-state index in [9.17, 15) is 0 Å². The number of hydrogen-bond acceptors (Lipinski definition) is 4. The van der Waals surface area contributed by atoms with Crippen molar-refractivity contribution < 1.29 is 4.74 Å². The first-order valence-electron chi connectivity index (χ1n) is 6.71. The summed E-state index contributed by atoms with van der Waals surface area (Å²) in [5, 5.41) is 0. The van der Waals surface area contributed by atoms with E-state index in [1.54, 1.807) is 11.3 Å². The van der Waals surface area contributed by atoms with Crippen LogP contribution in [0.4, 0.5) is 0 Å². The second kappa shape index (κ2) is 6.14. The lowest BCUT2D eigenvalue weighted by Gasteiger charge is -2.28. The van der Waals surface area contributed by atoms with Crippen molar-refractivity contribution in [3.05, 3.63) is 51.2 Å². The highest BCUT2D eigenvalue weighted by atomic mass is 35.5. The molecule has 0 spiro atoms. The molecule has 0 radical (unpaired) electrons. The molecule has 0 bridgehead atoms. The highest BCUT2D eigenvalue weighted by Crippen LogP contribution is 2.40. The summed E-state index contributed by atoms with van der Waals surface area (Å²) < 4.78 is 6.51. The van der Waals surface area contributed by atoms with Crippen molar-refractivity contribution in [3.8, 4) is 5.75 Å². The van der Waals surface area contributed by atoms with Gasteiger partial charge in [0.25, 0.3) is 0 Å². The van der Waals surface area contributed by atoms with Crippen molar-refractivity contribution in [2.24, 2.45) is 5.84 Å². The molecule has 1 aliphatic rings. The number of rotatable bonds is 4. The van der Waals surface area contributed by atoms with Crippen molar-refractivity contribution in [2.45, 2.75) is 24.8 Å². The van der Waals surface area contributed by atoms with E-state index in [-0.39, 0.29) is 6.04 Å². The number of fused-ring (bicyclic) bond motifs is 1. The minimum absolute atomic E-state index is 0.128. The van der Waals surface area contributed by atoms with E-state index in [1.165, 1.54) is 10.4 Å². The zero-order chi connectivity index (χ0) is 13.9. The molecule has 2 unspecified atom stereocenters. The Hall–Kier alpha value is -1.07. The van der Waals surface area contributed by atoms with Gasteiger partial charge in [-0.25, -0.2) is 0 Å². The number of ether oxygens (including phenoxy) is 1. The standard InChI is InChI=1S/C15H17ClN2OS/c16-15-6-5-14(20-15)12(18-17)9-10-7-8-19-13-4-2-1-3-11(10)13/h1-6,10,12,18H,7-9,17H2. The van der Waals surface area contributed by atoms with Crippen molar-refractivity contribution >= 4 is 22.9 Å². The largest absolute Gasteiger partial charge is 0.493 e. The number of halogens is 1. The van der Waals surface area contributed by atoms with Gasteiger partial charge in [-0.1, -0.05) is 29.8 Å². The second-order valence-electron chi connectivity index (χ2n) is 4.97. The number of nitrogens with one attached hydrogen (secondary N) is 1. The van der Waals surface area contributed by atoms with Gasteiger partial charge in [0.15, 0.2) is 0 Å². The number of hydrogen-bond donors (Lipinski definition) is 2.